The molecule has 0 aliphatic rings. The minimum Gasteiger partial charge on any atom is -0.357 e. The number of halogens is 1. The molecule has 5 nitrogen and oxygen atoms in total. The summed E-state index contributed by atoms with van der Waals surface area (Å²) in [7, 11) is 0. The second kappa shape index (κ2) is 10.1. The standard InChI is InChI=1S/C16H21N5.HI/c1-3-17-16(20-11-14-8-4-5-9-18-14)21-12-15-13(2)7-6-10-19-15;/h4-10H,3,11-12H2,1-2H3,(H2,17,20,21);1H. The minimum atomic E-state index is 0. The molecule has 0 aliphatic heterocycles. The quantitative estimate of drug-likeness (QED) is 0.451. The second-order valence-electron chi connectivity index (χ2n) is 4.64. The van der Waals surface area contributed by atoms with E-state index in [0.29, 0.717) is 13.1 Å². The Hall–Kier alpha value is -1.70. The molecule has 22 heavy (non-hydrogen) atoms. The predicted octanol–water partition coefficient (Wildman–Crippen LogP) is 2.66. The molecule has 0 atom stereocenters. The molecule has 0 fully saturated rings. The summed E-state index contributed by atoms with van der Waals surface area (Å²) in [6, 6.07) is 9.84. The third-order valence-electron chi connectivity index (χ3n) is 3.01. The van der Waals surface area contributed by atoms with E-state index in [1.165, 1.54) is 5.56 Å². The molecule has 2 aromatic heterocycles. The number of nitrogens with zero attached hydrogens (tertiary/aromatic N) is 3. The SMILES string of the molecule is CCNC(=NCc1ccccn1)NCc1ncccc1C.I. The van der Waals surface area contributed by atoms with E-state index in [1.54, 1.807) is 6.20 Å². The van der Waals surface area contributed by atoms with E-state index in [0.717, 1.165) is 23.9 Å². The first kappa shape index (κ1) is 18.3. The molecule has 0 aliphatic carbocycles. The highest BCUT2D eigenvalue weighted by Crippen LogP contribution is 2.02. The molecule has 0 amide bonds. The minimum absolute atomic E-state index is 0. The Morgan fingerprint density at radius 2 is 1.91 bits per heavy atom. The second-order valence-corrected chi connectivity index (χ2v) is 4.64. The van der Waals surface area contributed by atoms with Gasteiger partial charge in [-0.15, -0.1) is 24.0 Å². The molecule has 0 aromatic carbocycles. The van der Waals surface area contributed by atoms with E-state index < -0.39 is 0 Å². The maximum absolute atomic E-state index is 4.53. The molecule has 2 N–H and O–H groups in total. The van der Waals surface area contributed by atoms with Crippen LogP contribution < -0.4 is 10.6 Å². The van der Waals surface area contributed by atoms with E-state index in [2.05, 4.69) is 38.6 Å². The van der Waals surface area contributed by atoms with Crippen LogP contribution in [0.25, 0.3) is 0 Å². The van der Waals surface area contributed by atoms with Crippen molar-refractivity contribution >= 4 is 29.9 Å². The van der Waals surface area contributed by atoms with Crippen LogP contribution in [-0.2, 0) is 13.1 Å². The lowest BCUT2D eigenvalue weighted by Crippen LogP contribution is -2.37. The maximum atomic E-state index is 4.53. The number of aryl methyl sites for hydroxylation is 1. The average Bonchev–Trinajstić information content (AvgIpc) is 2.52. The van der Waals surface area contributed by atoms with Gasteiger partial charge in [-0.1, -0.05) is 12.1 Å². The summed E-state index contributed by atoms with van der Waals surface area (Å²) in [6.07, 6.45) is 3.59. The van der Waals surface area contributed by atoms with Crippen molar-refractivity contribution in [3.63, 3.8) is 0 Å². The number of hydrogen-bond donors (Lipinski definition) is 2. The zero-order valence-electron chi connectivity index (χ0n) is 12.9. The van der Waals surface area contributed by atoms with Crippen molar-refractivity contribution in [1.29, 1.82) is 0 Å². The van der Waals surface area contributed by atoms with Crippen LogP contribution in [0.2, 0.25) is 0 Å². The number of guanidine groups is 1. The summed E-state index contributed by atoms with van der Waals surface area (Å²) in [5.74, 6) is 0.771. The van der Waals surface area contributed by atoms with Crippen LogP contribution >= 0.6 is 24.0 Å². The van der Waals surface area contributed by atoms with Gasteiger partial charge in [0.15, 0.2) is 5.96 Å². The van der Waals surface area contributed by atoms with E-state index in [9.17, 15) is 0 Å². The zero-order valence-corrected chi connectivity index (χ0v) is 15.2. The average molecular weight is 411 g/mol. The van der Waals surface area contributed by atoms with E-state index in [-0.39, 0.29) is 24.0 Å². The van der Waals surface area contributed by atoms with Crippen molar-refractivity contribution in [1.82, 2.24) is 20.6 Å². The summed E-state index contributed by atoms with van der Waals surface area (Å²) >= 11 is 0. The first-order valence-corrected chi connectivity index (χ1v) is 7.12. The lowest BCUT2D eigenvalue weighted by molar-refractivity contribution is 0.792. The normalized spacial score (nSPS) is 10.7. The lowest BCUT2D eigenvalue weighted by atomic mass is 10.2. The molecule has 2 rings (SSSR count). The number of rotatable bonds is 5. The predicted molar refractivity (Wildman–Crippen MR) is 100 cm³/mol. The summed E-state index contributed by atoms with van der Waals surface area (Å²) < 4.78 is 0. The van der Waals surface area contributed by atoms with Gasteiger partial charge in [0.25, 0.3) is 0 Å². The van der Waals surface area contributed by atoms with Gasteiger partial charge in [0, 0.05) is 18.9 Å². The van der Waals surface area contributed by atoms with Crippen molar-refractivity contribution in [2.24, 2.45) is 4.99 Å². The molecule has 0 bridgehead atoms. The van der Waals surface area contributed by atoms with Gasteiger partial charge in [0.1, 0.15) is 0 Å². The smallest absolute Gasteiger partial charge is 0.191 e. The first-order valence-electron chi connectivity index (χ1n) is 7.12. The monoisotopic (exact) mass is 411 g/mol. The Labute approximate surface area is 148 Å². The molecule has 0 saturated heterocycles. The van der Waals surface area contributed by atoms with Crippen LogP contribution in [0.5, 0.6) is 0 Å². The molecule has 118 valence electrons. The van der Waals surface area contributed by atoms with Gasteiger partial charge in [-0.25, -0.2) is 4.99 Å². The van der Waals surface area contributed by atoms with Crippen LogP contribution in [-0.4, -0.2) is 22.5 Å². The van der Waals surface area contributed by atoms with Gasteiger partial charge in [-0.3, -0.25) is 9.97 Å². The number of nitrogens with one attached hydrogen (secondary N) is 2. The van der Waals surface area contributed by atoms with E-state index in [1.807, 2.05) is 37.4 Å². The number of pyridine rings is 2. The van der Waals surface area contributed by atoms with Gasteiger partial charge >= 0.3 is 0 Å². The molecule has 0 saturated carbocycles. The summed E-state index contributed by atoms with van der Waals surface area (Å²) in [5.41, 5.74) is 3.15. The Kier molecular flexibility index (Phi) is 8.42. The van der Waals surface area contributed by atoms with Gasteiger partial charge in [-0.05, 0) is 37.6 Å². The van der Waals surface area contributed by atoms with Crippen molar-refractivity contribution in [2.45, 2.75) is 26.9 Å². The third kappa shape index (κ3) is 5.97. The van der Waals surface area contributed by atoms with Crippen LogP contribution in [0.3, 0.4) is 0 Å². The Morgan fingerprint density at radius 1 is 1.09 bits per heavy atom. The van der Waals surface area contributed by atoms with Gasteiger partial charge in [0.05, 0.1) is 24.5 Å². The Bertz CT molecular complexity index is 586. The molecule has 2 aromatic rings. The summed E-state index contributed by atoms with van der Waals surface area (Å²) in [4.78, 5) is 13.2. The largest absolute Gasteiger partial charge is 0.357 e. The molecular weight excluding hydrogens is 389 g/mol. The third-order valence-corrected chi connectivity index (χ3v) is 3.01. The Balaban J connectivity index is 0.00000242. The number of aliphatic imine (C=N–C) groups is 1. The molecule has 6 heteroatoms. The maximum Gasteiger partial charge on any atom is 0.191 e. The van der Waals surface area contributed by atoms with Crippen LogP contribution in [0, 0.1) is 6.92 Å². The molecule has 0 spiro atoms. The highest BCUT2D eigenvalue weighted by molar-refractivity contribution is 14.0. The fourth-order valence-corrected chi connectivity index (χ4v) is 1.86. The van der Waals surface area contributed by atoms with Gasteiger partial charge in [0.2, 0.25) is 0 Å². The fraction of sp³-hybridized carbons (Fsp3) is 0.312. The first-order chi connectivity index (χ1) is 10.3. The van der Waals surface area contributed by atoms with Crippen molar-refractivity contribution in [3.8, 4) is 0 Å². The highest BCUT2D eigenvalue weighted by atomic mass is 127. The molecular formula is C16H22IN5. The van der Waals surface area contributed by atoms with Crippen LogP contribution in [0.15, 0.2) is 47.7 Å². The fourth-order valence-electron chi connectivity index (χ4n) is 1.86. The summed E-state index contributed by atoms with van der Waals surface area (Å²) in [5, 5.41) is 6.52. The molecule has 0 unspecified atom stereocenters. The van der Waals surface area contributed by atoms with Crippen molar-refractivity contribution in [3.05, 3.63) is 59.7 Å². The van der Waals surface area contributed by atoms with E-state index in [4.69, 9.17) is 0 Å². The van der Waals surface area contributed by atoms with Gasteiger partial charge < -0.3 is 10.6 Å². The number of hydrogen-bond acceptors (Lipinski definition) is 3. The van der Waals surface area contributed by atoms with Gasteiger partial charge in [-0.2, -0.15) is 0 Å². The van der Waals surface area contributed by atoms with Crippen LogP contribution in [0.1, 0.15) is 23.9 Å². The molecule has 0 radical (unpaired) electrons. The van der Waals surface area contributed by atoms with Crippen molar-refractivity contribution < 1.29 is 0 Å². The topological polar surface area (TPSA) is 62.2 Å². The summed E-state index contributed by atoms with van der Waals surface area (Å²) in [6.45, 7) is 6.12. The number of aromatic nitrogens is 2. The lowest BCUT2D eigenvalue weighted by Gasteiger charge is -2.12. The molecule has 2 heterocycles. The zero-order chi connectivity index (χ0) is 14.9. The van der Waals surface area contributed by atoms with Crippen LogP contribution in [0.4, 0.5) is 0 Å². The Morgan fingerprint density at radius 3 is 2.59 bits per heavy atom. The van der Waals surface area contributed by atoms with E-state index >= 15 is 0 Å². The van der Waals surface area contributed by atoms with Crippen molar-refractivity contribution in [2.75, 3.05) is 6.54 Å². The highest BCUT2D eigenvalue weighted by Gasteiger charge is 2.01.